The fourth-order valence-corrected chi connectivity index (χ4v) is 2.75. The van der Waals surface area contributed by atoms with Crippen molar-refractivity contribution in [3.8, 4) is 5.75 Å². The van der Waals surface area contributed by atoms with E-state index in [0.29, 0.717) is 5.56 Å². The second-order valence-corrected chi connectivity index (χ2v) is 6.05. The number of ether oxygens (including phenoxy) is 1. The summed E-state index contributed by atoms with van der Waals surface area (Å²) < 4.78 is 20.3. The number of pyridine rings is 1. The van der Waals surface area contributed by atoms with Crippen LogP contribution >= 0.6 is 0 Å². The van der Waals surface area contributed by atoms with E-state index in [0.717, 1.165) is 17.3 Å². The van der Waals surface area contributed by atoms with Crippen LogP contribution < -0.4 is 9.64 Å². The molecule has 0 aliphatic heterocycles. The molecule has 0 bridgehead atoms. The average molecular weight is 364 g/mol. The van der Waals surface area contributed by atoms with E-state index in [1.165, 1.54) is 4.90 Å². The van der Waals surface area contributed by atoms with E-state index in [4.69, 9.17) is 4.74 Å². The van der Waals surface area contributed by atoms with Crippen LogP contribution in [0.1, 0.15) is 23.7 Å². The van der Waals surface area contributed by atoms with Gasteiger partial charge in [0.05, 0.1) is 11.2 Å². The number of rotatable bonds is 6. The average Bonchev–Trinajstić information content (AvgIpc) is 2.71. The van der Waals surface area contributed by atoms with Crippen molar-refractivity contribution in [2.45, 2.75) is 13.3 Å². The minimum absolute atomic E-state index is 0.121. The molecule has 0 spiro atoms. The van der Waals surface area contributed by atoms with Crippen molar-refractivity contribution >= 4 is 22.5 Å². The number of carbonyl (C=O) groups excluding carboxylic acids is 1. The molecule has 3 aromatic rings. The molecule has 3 rings (SSSR count). The first kappa shape index (κ1) is 18.6. The van der Waals surface area contributed by atoms with Crippen LogP contribution in [0.2, 0.25) is 0 Å². The standard InChI is InChI=1S/C22H21FN2O2/c1-3-4-5-14-27-20-10-6-9-19(21(20)23)25(2)22(26)17-11-12-18-16(15-17)8-7-13-24-18/h4-13,15H,3,14H2,1-2H3. The molecule has 0 unspecified atom stereocenters. The number of hydrogen-bond acceptors (Lipinski definition) is 3. The van der Waals surface area contributed by atoms with Crippen molar-refractivity contribution in [3.05, 3.63) is 78.3 Å². The Morgan fingerprint density at radius 1 is 1.19 bits per heavy atom. The third-order valence-corrected chi connectivity index (χ3v) is 4.20. The fraction of sp³-hybridized carbons (Fsp3) is 0.182. The first-order chi connectivity index (χ1) is 13.1. The van der Waals surface area contributed by atoms with Gasteiger partial charge in [-0.3, -0.25) is 9.78 Å². The third-order valence-electron chi connectivity index (χ3n) is 4.20. The number of halogens is 1. The molecule has 0 aliphatic carbocycles. The normalized spacial score (nSPS) is 11.1. The number of carbonyl (C=O) groups is 1. The van der Waals surface area contributed by atoms with E-state index in [-0.39, 0.29) is 24.0 Å². The lowest BCUT2D eigenvalue weighted by atomic mass is 10.1. The van der Waals surface area contributed by atoms with Gasteiger partial charge in [-0.15, -0.1) is 0 Å². The van der Waals surface area contributed by atoms with Crippen molar-refractivity contribution in [3.63, 3.8) is 0 Å². The predicted molar refractivity (Wildman–Crippen MR) is 106 cm³/mol. The maximum absolute atomic E-state index is 14.8. The van der Waals surface area contributed by atoms with Crippen molar-refractivity contribution in [1.82, 2.24) is 4.98 Å². The van der Waals surface area contributed by atoms with Crippen LogP contribution in [0.5, 0.6) is 5.75 Å². The van der Waals surface area contributed by atoms with E-state index in [1.807, 2.05) is 31.2 Å². The van der Waals surface area contributed by atoms with Crippen LogP contribution in [0.15, 0.2) is 66.9 Å². The highest BCUT2D eigenvalue weighted by molar-refractivity contribution is 6.07. The van der Waals surface area contributed by atoms with Crippen molar-refractivity contribution in [2.75, 3.05) is 18.6 Å². The van der Waals surface area contributed by atoms with Gasteiger partial charge in [-0.1, -0.05) is 31.2 Å². The van der Waals surface area contributed by atoms with Crippen LogP contribution in [-0.2, 0) is 0 Å². The zero-order valence-electron chi connectivity index (χ0n) is 15.4. The zero-order chi connectivity index (χ0) is 19.2. The summed E-state index contributed by atoms with van der Waals surface area (Å²) in [7, 11) is 1.55. The van der Waals surface area contributed by atoms with Gasteiger partial charge in [0.25, 0.3) is 5.91 Å². The minimum atomic E-state index is -0.555. The molecule has 4 nitrogen and oxygen atoms in total. The summed E-state index contributed by atoms with van der Waals surface area (Å²) in [5.74, 6) is -0.737. The summed E-state index contributed by atoms with van der Waals surface area (Å²) in [4.78, 5) is 18.4. The van der Waals surface area contributed by atoms with Crippen LogP contribution in [-0.4, -0.2) is 24.5 Å². The zero-order valence-corrected chi connectivity index (χ0v) is 15.4. The monoisotopic (exact) mass is 364 g/mol. The lowest BCUT2D eigenvalue weighted by Gasteiger charge is -2.19. The highest BCUT2D eigenvalue weighted by Gasteiger charge is 2.19. The molecule has 0 aliphatic rings. The lowest BCUT2D eigenvalue weighted by molar-refractivity contribution is 0.0992. The molecule has 1 amide bonds. The van der Waals surface area contributed by atoms with Gasteiger partial charge in [-0.25, -0.2) is 4.39 Å². The summed E-state index contributed by atoms with van der Waals surface area (Å²) in [6, 6.07) is 13.7. The van der Waals surface area contributed by atoms with Gasteiger partial charge in [-0.2, -0.15) is 0 Å². The maximum atomic E-state index is 14.8. The van der Waals surface area contributed by atoms with E-state index in [9.17, 15) is 9.18 Å². The largest absolute Gasteiger partial charge is 0.486 e. The number of hydrogen-bond donors (Lipinski definition) is 0. The Balaban J connectivity index is 1.84. The molecule has 138 valence electrons. The number of aromatic nitrogens is 1. The van der Waals surface area contributed by atoms with Gasteiger partial charge in [-0.05, 0) is 42.8 Å². The summed E-state index contributed by atoms with van der Waals surface area (Å²) in [5, 5.41) is 0.858. The van der Waals surface area contributed by atoms with Gasteiger partial charge >= 0.3 is 0 Å². The summed E-state index contributed by atoms with van der Waals surface area (Å²) in [6.45, 7) is 2.30. The number of allylic oxidation sites excluding steroid dienone is 1. The molecule has 0 saturated carbocycles. The summed E-state index contributed by atoms with van der Waals surface area (Å²) in [6.07, 6.45) is 6.38. The maximum Gasteiger partial charge on any atom is 0.258 e. The van der Waals surface area contributed by atoms with E-state index < -0.39 is 5.82 Å². The Morgan fingerprint density at radius 3 is 2.85 bits per heavy atom. The van der Waals surface area contributed by atoms with Crippen LogP contribution in [0.25, 0.3) is 10.9 Å². The number of anilines is 1. The first-order valence-electron chi connectivity index (χ1n) is 8.81. The Morgan fingerprint density at radius 2 is 2.04 bits per heavy atom. The summed E-state index contributed by atoms with van der Waals surface area (Å²) in [5.41, 5.74) is 1.44. The summed E-state index contributed by atoms with van der Waals surface area (Å²) >= 11 is 0. The molecule has 1 heterocycles. The fourth-order valence-electron chi connectivity index (χ4n) is 2.75. The Labute approximate surface area is 157 Å². The molecule has 0 radical (unpaired) electrons. The molecule has 1 aromatic heterocycles. The Hall–Kier alpha value is -3.21. The highest BCUT2D eigenvalue weighted by Crippen LogP contribution is 2.28. The second kappa shape index (κ2) is 8.45. The topological polar surface area (TPSA) is 42.4 Å². The lowest BCUT2D eigenvalue weighted by Crippen LogP contribution is -2.27. The SMILES string of the molecule is CCC=CCOc1cccc(N(C)C(=O)c2ccc3ncccc3c2)c1F. The van der Waals surface area contributed by atoms with Gasteiger partial charge in [0, 0.05) is 24.2 Å². The van der Waals surface area contributed by atoms with Crippen molar-refractivity contribution < 1.29 is 13.9 Å². The quantitative estimate of drug-likeness (QED) is 0.578. The Kier molecular flexibility index (Phi) is 5.81. The number of fused-ring (bicyclic) bond motifs is 1. The molecule has 5 heteroatoms. The number of nitrogens with zero attached hydrogens (tertiary/aromatic N) is 2. The van der Waals surface area contributed by atoms with Gasteiger partial charge < -0.3 is 9.64 Å². The molecule has 0 N–H and O–H groups in total. The predicted octanol–water partition coefficient (Wildman–Crippen LogP) is 5.00. The first-order valence-corrected chi connectivity index (χ1v) is 8.81. The highest BCUT2D eigenvalue weighted by atomic mass is 19.1. The molecular weight excluding hydrogens is 343 g/mol. The Bertz CT molecular complexity index is 985. The van der Waals surface area contributed by atoms with E-state index in [2.05, 4.69) is 4.98 Å². The molecule has 0 fully saturated rings. The van der Waals surface area contributed by atoms with Crippen molar-refractivity contribution in [1.29, 1.82) is 0 Å². The second-order valence-electron chi connectivity index (χ2n) is 6.05. The van der Waals surface area contributed by atoms with E-state index >= 15 is 0 Å². The van der Waals surface area contributed by atoms with E-state index in [1.54, 1.807) is 49.6 Å². The van der Waals surface area contributed by atoms with Crippen LogP contribution in [0.3, 0.4) is 0 Å². The molecule has 27 heavy (non-hydrogen) atoms. The van der Waals surface area contributed by atoms with Crippen LogP contribution in [0.4, 0.5) is 10.1 Å². The van der Waals surface area contributed by atoms with Crippen molar-refractivity contribution in [2.24, 2.45) is 0 Å². The molecular formula is C22H21FN2O2. The number of benzene rings is 2. The van der Waals surface area contributed by atoms with Gasteiger partial charge in [0.1, 0.15) is 6.61 Å². The number of amides is 1. The smallest absolute Gasteiger partial charge is 0.258 e. The van der Waals surface area contributed by atoms with Gasteiger partial charge in [0.2, 0.25) is 0 Å². The molecule has 0 saturated heterocycles. The molecule has 2 aromatic carbocycles. The third kappa shape index (κ3) is 4.14. The van der Waals surface area contributed by atoms with Gasteiger partial charge in [0.15, 0.2) is 11.6 Å². The van der Waals surface area contributed by atoms with Crippen LogP contribution in [0, 0.1) is 5.82 Å². The molecule has 0 atom stereocenters. The minimum Gasteiger partial charge on any atom is -0.486 e.